The van der Waals surface area contributed by atoms with Crippen molar-refractivity contribution in [2.24, 2.45) is 0 Å². The molecule has 13 heteroatoms. The summed E-state index contributed by atoms with van der Waals surface area (Å²) in [5.41, 5.74) is 0. The van der Waals surface area contributed by atoms with Crippen LogP contribution in [0.3, 0.4) is 0 Å². The molecule has 68 valence electrons. The summed E-state index contributed by atoms with van der Waals surface area (Å²) in [5.74, 6) is 0. The van der Waals surface area contributed by atoms with E-state index in [1.807, 2.05) is 0 Å². The van der Waals surface area contributed by atoms with Gasteiger partial charge in [-0.05, 0) is 0 Å². The molecule has 0 fully saturated rings. The number of hydrogen-bond donors (Lipinski definition) is 4. The van der Waals surface area contributed by atoms with E-state index in [0.29, 0.717) is 0 Å². The Morgan fingerprint density at radius 1 is 0.923 bits per heavy atom. The van der Waals surface area contributed by atoms with Gasteiger partial charge in [-0.2, -0.15) is 4.31 Å². The Hall–Kier alpha value is 5.13. The summed E-state index contributed by atoms with van der Waals surface area (Å²) in [4.78, 5) is 23.7. The Labute approximate surface area is 202 Å². The van der Waals surface area contributed by atoms with Gasteiger partial charge in [0.25, 0.3) is 0 Å². The van der Waals surface area contributed by atoms with Crippen LogP contribution in [0.25, 0.3) is 0 Å². The summed E-state index contributed by atoms with van der Waals surface area (Å²) in [6.07, 6.45) is 0. The van der Waals surface area contributed by atoms with Gasteiger partial charge in [0, 0.05) is 0 Å². The SMILES string of the molecule is O=P(O)(O)OP(=O)(O)OO.[KH].[KH].[KH]. The Kier molecular flexibility index (Phi) is 25.0. The van der Waals surface area contributed by atoms with Crippen molar-refractivity contribution in [2.75, 3.05) is 0 Å². The molecular weight excluding hydrogens is 307 g/mol. The quantitative estimate of drug-likeness (QED) is 0.198. The molecule has 0 rings (SSSR count). The van der Waals surface area contributed by atoms with Gasteiger partial charge in [-0.1, -0.05) is 0 Å². The number of rotatable bonds is 3. The molecule has 1 atom stereocenters. The van der Waals surface area contributed by atoms with Gasteiger partial charge in [0.2, 0.25) is 0 Å². The van der Waals surface area contributed by atoms with Gasteiger partial charge in [-0.3, -0.25) is 0 Å². The molecule has 0 radical (unpaired) electrons. The van der Waals surface area contributed by atoms with Crippen LogP contribution < -0.4 is 0 Å². The van der Waals surface area contributed by atoms with E-state index in [1.165, 1.54) is 0 Å². The van der Waals surface area contributed by atoms with Crippen LogP contribution in [-0.4, -0.2) is 174 Å². The zero-order chi connectivity index (χ0) is 8.41. The second-order valence-electron chi connectivity index (χ2n) is 1.12. The molecule has 4 N–H and O–H groups in total. The standard InChI is InChI=1S/3K.H4O8P2.3H/c;;;1-7-10(5,6)8-9(2,3)4;;;/h;;;1H,(H,5,6)(H2,2,3,4);;;. The molecule has 0 spiro atoms. The monoisotopic (exact) mass is 314 g/mol. The van der Waals surface area contributed by atoms with Crippen LogP contribution in [0.15, 0.2) is 0 Å². The maximum absolute atomic E-state index is 9.97. The minimum atomic E-state index is -5.10. The van der Waals surface area contributed by atoms with Crippen LogP contribution >= 0.6 is 15.6 Å². The molecule has 0 aromatic rings. The first-order chi connectivity index (χ1) is 4.27. The normalized spacial score (nSPS) is 14.2. The van der Waals surface area contributed by atoms with Crippen molar-refractivity contribution in [3.05, 3.63) is 0 Å². The second kappa shape index (κ2) is 12.2. The van der Waals surface area contributed by atoms with Crippen molar-refractivity contribution in [1.82, 2.24) is 0 Å². The van der Waals surface area contributed by atoms with Crippen LogP contribution in [0, 0.1) is 0 Å². The van der Waals surface area contributed by atoms with Gasteiger partial charge in [0.15, 0.2) is 0 Å². The fourth-order valence-corrected chi connectivity index (χ4v) is 1.34. The van der Waals surface area contributed by atoms with Crippen LogP contribution in [0.2, 0.25) is 0 Å². The van der Waals surface area contributed by atoms with E-state index >= 15 is 0 Å². The van der Waals surface area contributed by atoms with Gasteiger partial charge >= 0.3 is 170 Å². The van der Waals surface area contributed by atoms with Crippen LogP contribution in [0.5, 0.6) is 0 Å². The third kappa shape index (κ3) is 19.6. The fourth-order valence-electron chi connectivity index (χ4n) is 0.149. The Bertz CT molecular complexity index is 196. The summed E-state index contributed by atoms with van der Waals surface area (Å²) < 4.78 is 25.5. The Morgan fingerprint density at radius 3 is 1.31 bits per heavy atom. The van der Waals surface area contributed by atoms with E-state index in [9.17, 15) is 9.13 Å². The molecule has 0 amide bonds. The van der Waals surface area contributed by atoms with E-state index < -0.39 is 15.6 Å². The number of phosphoric acid groups is 2. The minimum absolute atomic E-state index is 0. The van der Waals surface area contributed by atoms with Crippen LogP contribution in [0.4, 0.5) is 0 Å². The zero-order valence-corrected chi connectivity index (χ0v) is 6.11. The van der Waals surface area contributed by atoms with Gasteiger partial charge < -0.3 is 14.7 Å². The summed E-state index contributed by atoms with van der Waals surface area (Å²) in [6.45, 7) is 0. The van der Waals surface area contributed by atoms with Crippen molar-refractivity contribution in [2.45, 2.75) is 0 Å². The van der Waals surface area contributed by atoms with E-state index in [0.717, 1.165) is 0 Å². The van der Waals surface area contributed by atoms with Gasteiger partial charge in [0.05, 0.1) is 0 Å². The molecule has 0 aromatic heterocycles. The summed E-state index contributed by atoms with van der Waals surface area (Å²) in [6, 6.07) is 0. The molecule has 0 aromatic carbocycles. The fraction of sp³-hybridized carbons (Fsp3) is 0. The molecule has 13 heavy (non-hydrogen) atoms. The molecule has 0 saturated carbocycles. The molecule has 0 heterocycles. The molecule has 8 nitrogen and oxygen atoms in total. The van der Waals surface area contributed by atoms with Gasteiger partial charge in [-0.25, -0.2) is 14.4 Å². The predicted octanol–water partition coefficient (Wildman–Crippen LogP) is -2.26. The van der Waals surface area contributed by atoms with E-state index in [2.05, 4.69) is 8.99 Å². The summed E-state index contributed by atoms with van der Waals surface area (Å²) in [7, 11) is -10.1. The molecule has 0 bridgehead atoms. The van der Waals surface area contributed by atoms with Gasteiger partial charge in [0.1, 0.15) is 0 Å². The van der Waals surface area contributed by atoms with E-state index in [4.69, 9.17) is 19.9 Å². The maximum atomic E-state index is 9.97. The molecule has 0 aliphatic rings. The third-order valence-electron chi connectivity index (χ3n) is 0.313. The average molecular weight is 314 g/mol. The van der Waals surface area contributed by atoms with Crippen molar-refractivity contribution in [3.63, 3.8) is 0 Å². The first-order valence-electron chi connectivity index (χ1n) is 1.70. The molecule has 0 aliphatic carbocycles. The van der Waals surface area contributed by atoms with Gasteiger partial charge in [-0.15, -0.1) is 4.67 Å². The van der Waals surface area contributed by atoms with Crippen molar-refractivity contribution < 1.29 is 38.1 Å². The van der Waals surface area contributed by atoms with Crippen molar-refractivity contribution in [3.8, 4) is 0 Å². The summed E-state index contributed by atoms with van der Waals surface area (Å²) in [5, 5.41) is 7.48. The number of hydrogen-bond acceptors (Lipinski definition) is 5. The molecule has 0 aliphatic heterocycles. The predicted molar refractivity (Wildman–Crippen MR) is 48.1 cm³/mol. The third-order valence-corrected chi connectivity index (χ3v) is 2.20. The van der Waals surface area contributed by atoms with Crippen LogP contribution in [-0.2, 0) is 18.1 Å². The first-order valence-corrected chi connectivity index (χ1v) is 4.72. The van der Waals surface area contributed by atoms with E-state index in [-0.39, 0.29) is 154 Å². The Morgan fingerprint density at radius 2 is 1.23 bits per heavy atom. The topological polar surface area (TPSA) is 134 Å². The van der Waals surface area contributed by atoms with Crippen LogP contribution in [0.1, 0.15) is 0 Å². The summed E-state index contributed by atoms with van der Waals surface area (Å²) >= 11 is 0. The molecule has 0 saturated heterocycles. The Balaban J connectivity index is -0.000000135. The first kappa shape index (κ1) is 26.6. The van der Waals surface area contributed by atoms with Crippen molar-refractivity contribution in [1.29, 1.82) is 0 Å². The second-order valence-corrected chi connectivity index (χ2v) is 3.86. The molecular formula is H7K3O8P2. The zero-order valence-electron chi connectivity index (χ0n) is 4.32. The van der Waals surface area contributed by atoms with Crippen molar-refractivity contribution >= 4 is 170 Å². The molecule has 1 unspecified atom stereocenters. The average Bonchev–Trinajstić information content (AvgIpc) is 1.60. The van der Waals surface area contributed by atoms with E-state index in [1.54, 1.807) is 0 Å².